The molecule has 0 aliphatic rings. The largest absolute Gasteiger partial charge is 0.360 e. The molecule has 5 nitrogen and oxygen atoms in total. The van der Waals surface area contributed by atoms with E-state index in [4.69, 9.17) is 10.4 Å². The fourth-order valence-corrected chi connectivity index (χ4v) is 2.79. The molecule has 0 aliphatic heterocycles. The van der Waals surface area contributed by atoms with E-state index in [1.807, 2.05) is 17.6 Å². The van der Waals surface area contributed by atoms with Crippen molar-refractivity contribution in [1.82, 2.24) is 10.6 Å². The number of rotatable bonds is 4. The normalized spacial score (nSPS) is 10.7. The first-order valence-corrected chi connectivity index (χ1v) is 7.33. The number of aromatic nitrogens is 1. The Morgan fingerprint density at radius 2 is 2.00 bits per heavy atom. The Morgan fingerprint density at radius 1 is 1.19 bits per heavy atom. The Bertz CT molecular complexity index is 785. The van der Waals surface area contributed by atoms with Gasteiger partial charge < -0.3 is 4.52 Å². The molecule has 0 atom stereocenters. The lowest BCUT2D eigenvalue weighted by Crippen LogP contribution is -2.30. The van der Waals surface area contributed by atoms with Gasteiger partial charge in [-0.05, 0) is 22.9 Å². The van der Waals surface area contributed by atoms with Crippen molar-refractivity contribution in [3.05, 3.63) is 60.0 Å². The predicted molar refractivity (Wildman–Crippen MR) is 81.7 cm³/mol. The number of amides is 1. The van der Waals surface area contributed by atoms with Crippen molar-refractivity contribution in [1.29, 1.82) is 0 Å². The summed E-state index contributed by atoms with van der Waals surface area (Å²) >= 11 is 1.62. The highest BCUT2D eigenvalue weighted by Gasteiger charge is 2.11. The highest BCUT2D eigenvalue weighted by atomic mass is 32.2. The first kappa shape index (κ1) is 13.7. The zero-order chi connectivity index (χ0) is 14.7. The molecule has 0 bridgehead atoms. The molecule has 1 heterocycles. The van der Waals surface area contributed by atoms with E-state index in [0.717, 1.165) is 4.90 Å². The standard InChI is InChI=1S/C15H13N3O2S/c16-17-15(19)14-8-12(20-18-14)9-21-13-6-5-10-3-1-2-4-11(10)7-13/h1-8H,9,16H2,(H,17,19). The number of thioether (sulfide) groups is 1. The molecular weight excluding hydrogens is 286 g/mol. The maximum Gasteiger partial charge on any atom is 0.287 e. The van der Waals surface area contributed by atoms with Gasteiger partial charge in [0.25, 0.3) is 5.91 Å². The summed E-state index contributed by atoms with van der Waals surface area (Å²) in [7, 11) is 0. The summed E-state index contributed by atoms with van der Waals surface area (Å²) in [5, 5.41) is 6.08. The number of nitrogen functional groups attached to an aromatic ring is 1. The van der Waals surface area contributed by atoms with Gasteiger partial charge in [-0.2, -0.15) is 0 Å². The molecule has 0 unspecified atom stereocenters. The zero-order valence-electron chi connectivity index (χ0n) is 11.1. The van der Waals surface area contributed by atoms with Gasteiger partial charge in [0.15, 0.2) is 5.69 Å². The Hall–Kier alpha value is -2.31. The van der Waals surface area contributed by atoms with Crippen LogP contribution < -0.4 is 11.3 Å². The second-order valence-electron chi connectivity index (χ2n) is 4.45. The van der Waals surface area contributed by atoms with E-state index in [1.165, 1.54) is 10.8 Å². The first-order chi connectivity index (χ1) is 10.3. The summed E-state index contributed by atoms with van der Waals surface area (Å²) < 4.78 is 5.11. The predicted octanol–water partition coefficient (Wildman–Crippen LogP) is 2.72. The molecule has 1 aromatic heterocycles. The molecule has 21 heavy (non-hydrogen) atoms. The summed E-state index contributed by atoms with van der Waals surface area (Å²) in [6.07, 6.45) is 0. The van der Waals surface area contributed by atoms with Crippen LogP contribution in [0.1, 0.15) is 16.2 Å². The number of nitrogens with two attached hydrogens (primary N) is 1. The Balaban J connectivity index is 1.71. The van der Waals surface area contributed by atoms with Gasteiger partial charge in [0.2, 0.25) is 0 Å². The highest BCUT2D eigenvalue weighted by molar-refractivity contribution is 7.98. The van der Waals surface area contributed by atoms with Crippen LogP contribution in [0.15, 0.2) is 57.9 Å². The van der Waals surface area contributed by atoms with Crippen molar-refractivity contribution >= 4 is 28.4 Å². The van der Waals surface area contributed by atoms with E-state index in [-0.39, 0.29) is 5.69 Å². The van der Waals surface area contributed by atoms with Gasteiger partial charge in [-0.25, -0.2) is 5.84 Å². The van der Waals surface area contributed by atoms with E-state index >= 15 is 0 Å². The van der Waals surface area contributed by atoms with Gasteiger partial charge in [0.05, 0.1) is 5.75 Å². The molecule has 3 N–H and O–H groups in total. The smallest absolute Gasteiger partial charge is 0.287 e. The van der Waals surface area contributed by atoms with Crippen LogP contribution >= 0.6 is 11.8 Å². The minimum Gasteiger partial charge on any atom is -0.360 e. The SMILES string of the molecule is NNC(=O)c1cc(CSc2ccc3ccccc3c2)on1. The van der Waals surface area contributed by atoms with Crippen LogP contribution in [0, 0.1) is 0 Å². The molecule has 106 valence electrons. The number of hydrogen-bond acceptors (Lipinski definition) is 5. The molecule has 0 saturated heterocycles. The fraction of sp³-hybridized carbons (Fsp3) is 0.0667. The van der Waals surface area contributed by atoms with E-state index < -0.39 is 5.91 Å². The lowest BCUT2D eigenvalue weighted by molar-refractivity contribution is 0.0944. The first-order valence-electron chi connectivity index (χ1n) is 6.34. The fourth-order valence-electron chi connectivity index (χ4n) is 1.97. The van der Waals surface area contributed by atoms with Crippen LogP contribution in [0.25, 0.3) is 10.8 Å². The van der Waals surface area contributed by atoms with Gasteiger partial charge in [-0.1, -0.05) is 35.5 Å². The van der Waals surface area contributed by atoms with E-state index in [9.17, 15) is 4.79 Å². The van der Waals surface area contributed by atoms with Gasteiger partial charge in [-0.15, -0.1) is 11.8 Å². The number of benzene rings is 2. The topological polar surface area (TPSA) is 81.1 Å². The van der Waals surface area contributed by atoms with Crippen LogP contribution in [0.3, 0.4) is 0 Å². The van der Waals surface area contributed by atoms with Crippen molar-refractivity contribution in [3.63, 3.8) is 0 Å². The van der Waals surface area contributed by atoms with Crippen molar-refractivity contribution in [2.75, 3.05) is 0 Å². The summed E-state index contributed by atoms with van der Waals surface area (Å²) in [5.74, 6) is 5.82. The van der Waals surface area contributed by atoms with Gasteiger partial charge in [-0.3, -0.25) is 10.2 Å². The average Bonchev–Trinajstić information content (AvgIpc) is 3.01. The van der Waals surface area contributed by atoms with Gasteiger partial charge in [0, 0.05) is 11.0 Å². The van der Waals surface area contributed by atoms with E-state index in [2.05, 4.69) is 35.5 Å². The number of hydrazine groups is 1. The molecule has 1 amide bonds. The van der Waals surface area contributed by atoms with Crippen molar-refractivity contribution in [3.8, 4) is 0 Å². The summed E-state index contributed by atoms with van der Waals surface area (Å²) in [6.45, 7) is 0. The second kappa shape index (κ2) is 5.99. The van der Waals surface area contributed by atoms with E-state index in [0.29, 0.717) is 11.5 Å². The number of carbonyl (C=O) groups excluding carboxylic acids is 1. The molecule has 0 spiro atoms. The maximum absolute atomic E-state index is 11.3. The highest BCUT2D eigenvalue weighted by Crippen LogP contribution is 2.26. The van der Waals surface area contributed by atoms with E-state index in [1.54, 1.807) is 17.8 Å². The van der Waals surface area contributed by atoms with Crippen molar-refractivity contribution < 1.29 is 9.32 Å². The van der Waals surface area contributed by atoms with Gasteiger partial charge >= 0.3 is 0 Å². The molecule has 6 heteroatoms. The molecule has 0 fully saturated rings. The van der Waals surface area contributed by atoms with Crippen LogP contribution in [0.4, 0.5) is 0 Å². The molecule has 0 radical (unpaired) electrons. The van der Waals surface area contributed by atoms with Crippen molar-refractivity contribution in [2.24, 2.45) is 5.84 Å². The Morgan fingerprint density at radius 3 is 2.81 bits per heavy atom. The Kier molecular flexibility index (Phi) is 3.89. The summed E-state index contributed by atoms with van der Waals surface area (Å²) in [6, 6.07) is 16.1. The lowest BCUT2D eigenvalue weighted by Gasteiger charge is -2.02. The molecule has 3 aromatic rings. The van der Waals surface area contributed by atoms with Crippen LogP contribution in [0.5, 0.6) is 0 Å². The molecular formula is C15H13N3O2S. The second-order valence-corrected chi connectivity index (χ2v) is 5.50. The minimum atomic E-state index is -0.458. The van der Waals surface area contributed by atoms with Crippen LogP contribution in [-0.2, 0) is 5.75 Å². The monoisotopic (exact) mass is 299 g/mol. The average molecular weight is 299 g/mol. The maximum atomic E-state index is 11.3. The minimum absolute atomic E-state index is 0.187. The van der Waals surface area contributed by atoms with Crippen LogP contribution in [-0.4, -0.2) is 11.1 Å². The molecule has 3 rings (SSSR count). The number of carbonyl (C=O) groups is 1. The zero-order valence-corrected chi connectivity index (χ0v) is 11.9. The summed E-state index contributed by atoms with van der Waals surface area (Å²) in [5.41, 5.74) is 2.21. The number of nitrogens with one attached hydrogen (secondary N) is 1. The quantitative estimate of drug-likeness (QED) is 0.335. The number of hydrogen-bond donors (Lipinski definition) is 2. The third-order valence-electron chi connectivity index (χ3n) is 3.02. The van der Waals surface area contributed by atoms with Crippen LogP contribution in [0.2, 0.25) is 0 Å². The van der Waals surface area contributed by atoms with Gasteiger partial charge in [0.1, 0.15) is 5.76 Å². The number of fused-ring (bicyclic) bond motifs is 1. The third kappa shape index (κ3) is 3.07. The third-order valence-corrected chi connectivity index (χ3v) is 4.04. The van der Waals surface area contributed by atoms with Crippen molar-refractivity contribution in [2.45, 2.75) is 10.6 Å². The summed E-state index contributed by atoms with van der Waals surface area (Å²) in [4.78, 5) is 12.4. The molecule has 0 aliphatic carbocycles. The lowest BCUT2D eigenvalue weighted by atomic mass is 10.1. The Labute approximate surface area is 125 Å². The number of nitrogens with zero attached hydrogens (tertiary/aromatic N) is 1. The molecule has 2 aromatic carbocycles. The molecule has 0 saturated carbocycles.